The Bertz CT molecular complexity index is 1320. The quantitative estimate of drug-likeness (QED) is 0.510. The fourth-order valence-corrected chi connectivity index (χ4v) is 4.74. The van der Waals surface area contributed by atoms with Crippen molar-refractivity contribution in [3.63, 3.8) is 0 Å². The van der Waals surface area contributed by atoms with Crippen LogP contribution in [0.2, 0.25) is 0 Å². The number of nitrogens with zero attached hydrogens (tertiary/aromatic N) is 6. The Morgan fingerprint density at radius 1 is 1.22 bits per heavy atom. The highest BCUT2D eigenvalue weighted by Gasteiger charge is 2.29. The summed E-state index contributed by atoms with van der Waals surface area (Å²) in [7, 11) is 4.25. The van der Waals surface area contributed by atoms with E-state index in [0.717, 1.165) is 26.1 Å². The first-order valence-corrected chi connectivity index (χ1v) is 12.4. The molecule has 1 aromatic carbocycles. The first kappa shape index (κ1) is 25.0. The summed E-state index contributed by atoms with van der Waals surface area (Å²) in [5, 5.41) is 8.30. The van der Waals surface area contributed by atoms with E-state index in [-0.39, 0.29) is 6.79 Å². The number of nitrogens with two attached hydrogens (primary N) is 1. The molecule has 1 amide bonds. The molecule has 3 aromatic rings. The Morgan fingerprint density at radius 2 is 2.00 bits per heavy atom. The van der Waals surface area contributed by atoms with Crippen molar-refractivity contribution in [2.75, 3.05) is 51.6 Å². The molecule has 0 unspecified atom stereocenters. The van der Waals surface area contributed by atoms with E-state index >= 15 is 0 Å². The summed E-state index contributed by atoms with van der Waals surface area (Å²) in [5.41, 5.74) is 8.08. The van der Waals surface area contributed by atoms with Gasteiger partial charge in [-0.3, -0.25) is 10.2 Å². The summed E-state index contributed by atoms with van der Waals surface area (Å²) in [6.07, 6.45) is 2.03. The van der Waals surface area contributed by atoms with Crippen molar-refractivity contribution in [1.82, 2.24) is 29.5 Å². The highest BCUT2D eigenvalue weighted by molar-refractivity contribution is 6.01. The van der Waals surface area contributed by atoms with Gasteiger partial charge in [-0.1, -0.05) is 0 Å². The molecule has 2 aromatic heterocycles. The molecule has 0 saturated carbocycles. The number of anilines is 2. The normalized spacial score (nSPS) is 17.6. The Labute approximate surface area is 215 Å². The number of likely N-dealkylation sites (N-methyl/N-ethyl adjacent to an activating group) is 1. The van der Waals surface area contributed by atoms with Gasteiger partial charge >= 0.3 is 6.09 Å². The van der Waals surface area contributed by atoms with Gasteiger partial charge in [-0.2, -0.15) is 5.10 Å². The third kappa shape index (κ3) is 5.12. The second-order valence-corrected chi connectivity index (χ2v) is 10.6. The minimum absolute atomic E-state index is 0.0158. The lowest BCUT2D eigenvalue weighted by Crippen LogP contribution is -2.32. The second kappa shape index (κ2) is 9.67. The van der Waals surface area contributed by atoms with Crippen LogP contribution in [0.3, 0.4) is 0 Å². The average molecular weight is 511 g/mol. The average Bonchev–Trinajstić information content (AvgIpc) is 3.56. The number of fused-ring (bicyclic) bond motifs is 2. The van der Waals surface area contributed by atoms with Gasteiger partial charge in [-0.05, 0) is 60.0 Å². The number of carbonyl (C=O) groups excluding carboxylic acids is 1. The lowest BCUT2D eigenvalue weighted by atomic mass is 10.1. The van der Waals surface area contributed by atoms with Gasteiger partial charge in [0.1, 0.15) is 23.4 Å². The van der Waals surface area contributed by atoms with Crippen LogP contribution in [0.25, 0.3) is 22.3 Å². The SMILES string of the molecule is CN(C)[C@H]1CCN(CCn2nc(-c3ccc(NC(=O)OC(C)(C)C)c4c3OCO4)c3c(N)ncnc32)C1. The van der Waals surface area contributed by atoms with Gasteiger partial charge in [0.05, 0.1) is 17.6 Å². The molecule has 37 heavy (non-hydrogen) atoms. The van der Waals surface area contributed by atoms with Crippen LogP contribution in [0.1, 0.15) is 27.2 Å². The second-order valence-electron chi connectivity index (χ2n) is 10.6. The molecular formula is C25H34N8O4. The highest BCUT2D eigenvalue weighted by Crippen LogP contribution is 2.47. The minimum Gasteiger partial charge on any atom is -0.453 e. The van der Waals surface area contributed by atoms with Gasteiger partial charge in [0.2, 0.25) is 6.79 Å². The topological polar surface area (TPSA) is 133 Å². The summed E-state index contributed by atoms with van der Waals surface area (Å²) in [4.78, 5) is 25.8. The van der Waals surface area contributed by atoms with E-state index in [1.807, 2.05) is 10.7 Å². The number of hydrogen-bond donors (Lipinski definition) is 2. The summed E-state index contributed by atoms with van der Waals surface area (Å²) in [5.74, 6) is 1.22. The van der Waals surface area contributed by atoms with Crippen LogP contribution in [-0.2, 0) is 11.3 Å². The van der Waals surface area contributed by atoms with Gasteiger partial charge in [-0.25, -0.2) is 19.4 Å². The fraction of sp³-hybridized carbons (Fsp3) is 0.520. The lowest BCUT2D eigenvalue weighted by molar-refractivity contribution is 0.0635. The van der Waals surface area contributed by atoms with E-state index in [4.69, 9.17) is 25.0 Å². The van der Waals surface area contributed by atoms with Crippen molar-refractivity contribution in [1.29, 1.82) is 0 Å². The Kier molecular flexibility index (Phi) is 6.54. The smallest absolute Gasteiger partial charge is 0.412 e. The molecule has 1 atom stereocenters. The van der Waals surface area contributed by atoms with Crippen LogP contribution in [0, 0.1) is 0 Å². The third-order valence-electron chi connectivity index (χ3n) is 6.57. The molecule has 0 radical (unpaired) electrons. The van der Waals surface area contributed by atoms with Crippen LogP contribution in [0.5, 0.6) is 11.5 Å². The van der Waals surface area contributed by atoms with Crippen molar-refractivity contribution in [3.8, 4) is 22.8 Å². The van der Waals surface area contributed by atoms with Crippen LogP contribution >= 0.6 is 0 Å². The van der Waals surface area contributed by atoms with E-state index in [2.05, 4.69) is 39.2 Å². The Morgan fingerprint density at radius 3 is 2.73 bits per heavy atom. The maximum Gasteiger partial charge on any atom is 0.412 e. The predicted octanol–water partition coefficient (Wildman–Crippen LogP) is 2.79. The maximum absolute atomic E-state index is 12.4. The van der Waals surface area contributed by atoms with E-state index in [1.54, 1.807) is 26.8 Å². The van der Waals surface area contributed by atoms with Gasteiger partial charge in [0, 0.05) is 24.7 Å². The van der Waals surface area contributed by atoms with Crippen molar-refractivity contribution < 1.29 is 19.0 Å². The molecule has 0 bridgehead atoms. The molecule has 12 heteroatoms. The van der Waals surface area contributed by atoms with Gasteiger partial charge in [-0.15, -0.1) is 0 Å². The van der Waals surface area contributed by atoms with E-state index in [9.17, 15) is 4.79 Å². The first-order valence-electron chi connectivity index (χ1n) is 12.4. The lowest BCUT2D eigenvalue weighted by Gasteiger charge is -2.20. The van der Waals surface area contributed by atoms with Gasteiger partial charge in [0.25, 0.3) is 0 Å². The standard InChI is InChI=1S/C25H34N8O4/c1-25(2,3)37-24(34)29-17-7-6-16(20-21(17)36-14-35-20)19-18-22(26)27-13-28-23(18)33(30-19)11-10-32-9-8-15(12-32)31(4)5/h6-7,13,15H,8-12,14H2,1-5H3,(H,29,34)(H2,26,27,28)/t15-/m0/s1. The maximum atomic E-state index is 12.4. The van der Waals surface area contributed by atoms with Crippen LogP contribution < -0.4 is 20.5 Å². The van der Waals surface area contributed by atoms with Crippen LogP contribution in [0.15, 0.2) is 18.5 Å². The number of nitrogens with one attached hydrogen (secondary N) is 1. The zero-order chi connectivity index (χ0) is 26.3. The number of benzene rings is 1. The zero-order valence-corrected chi connectivity index (χ0v) is 21.9. The molecule has 4 heterocycles. The van der Waals surface area contributed by atoms with Gasteiger partial charge in [0.15, 0.2) is 17.1 Å². The molecular weight excluding hydrogens is 476 g/mol. The molecule has 1 saturated heterocycles. The molecule has 12 nitrogen and oxygen atoms in total. The summed E-state index contributed by atoms with van der Waals surface area (Å²) < 4.78 is 18.8. The number of likely N-dealkylation sites (tertiary alicyclic amines) is 1. The summed E-state index contributed by atoms with van der Waals surface area (Å²) in [6, 6.07) is 4.12. The summed E-state index contributed by atoms with van der Waals surface area (Å²) in [6.45, 7) is 9.01. The first-order chi connectivity index (χ1) is 17.6. The van der Waals surface area contributed by atoms with Crippen molar-refractivity contribution in [2.45, 2.75) is 45.4 Å². The molecule has 0 aliphatic carbocycles. The number of nitrogen functional groups attached to an aromatic ring is 1. The van der Waals surface area contributed by atoms with Crippen molar-refractivity contribution in [3.05, 3.63) is 18.5 Å². The van der Waals surface area contributed by atoms with E-state index < -0.39 is 11.7 Å². The van der Waals surface area contributed by atoms with Crippen molar-refractivity contribution in [2.24, 2.45) is 0 Å². The number of aromatic nitrogens is 4. The zero-order valence-electron chi connectivity index (χ0n) is 21.9. The predicted molar refractivity (Wildman–Crippen MR) is 140 cm³/mol. The van der Waals surface area contributed by atoms with Gasteiger partial charge < -0.3 is 24.8 Å². The Hall–Kier alpha value is -3.64. The minimum atomic E-state index is -0.629. The molecule has 1 fully saturated rings. The molecule has 5 rings (SSSR count). The molecule has 3 N–H and O–H groups in total. The fourth-order valence-electron chi connectivity index (χ4n) is 4.74. The largest absolute Gasteiger partial charge is 0.453 e. The van der Waals surface area contributed by atoms with E-state index in [0.29, 0.717) is 57.9 Å². The van der Waals surface area contributed by atoms with Crippen LogP contribution in [-0.4, -0.2) is 87.8 Å². The molecule has 0 spiro atoms. The van der Waals surface area contributed by atoms with Crippen LogP contribution in [0.4, 0.5) is 16.3 Å². The number of carbonyl (C=O) groups is 1. The third-order valence-corrected chi connectivity index (χ3v) is 6.57. The molecule has 198 valence electrons. The van der Waals surface area contributed by atoms with Crippen molar-refractivity contribution >= 4 is 28.6 Å². The van der Waals surface area contributed by atoms with E-state index in [1.165, 1.54) is 6.33 Å². The number of ether oxygens (including phenoxy) is 3. The number of rotatable bonds is 6. The number of hydrogen-bond acceptors (Lipinski definition) is 10. The highest BCUT2D eigenvalue weighted by atomic mass is 16.7. The summed E-state index contributed by atoms with van der Waals surface area (Å²) >= 11 is 0. The number of amides is 1. The Balaban J connectivity index is 1.45. The monoisotopic (exact) mass is 510 g/mol. The molecule has 2 aliphatic heterocycles. The molecule has 2 aliphatic rings.